The Morgan fingerprint density at radius 3 is 1.91 bits per heavy atom. The second kappa shape index (κ2) is 7.39. The third-order valence-electron chi connectivity index (χ3n) is 5.34. The lowest BCUT2D eigenvalue weighted by Crippen LogP contribution is -2.30. The Bertz CT molecular complexity index is 1170. The summed E-state index contributed by atoms with van der Waals surface area (Å²) < 4.78 is 82.8. The SMILES string of the molecule is CC(C)(C)n1nc2c(c1-n1cccc1)CN(C(=O)c1cc(C(F)(F)F)cc(C(F)(F)F)c1)C2. The Labute approximate surface area is 185 Å². The highest BCUT2D eigenvalue weighted by atomic mass is 19.4. The lowest BCUT2D eigenvalue weighted by Gasteiger charge is -2.25. The summed E-state index contributed by atoms with van der Waals surface area (Å²) in [5, 5.41) is 4.60. The molecule has 1 aromatic carbocycles. The molecule has 0 N–H and O–H groups in total. The molecule has 0 fully saturated rings. The van der Waals surface area contributed by atoms with E-state index >= 15 is 0 Å². The van der Waals surface area contributed by atoms with Crippen LogP contribution in [0.4, 0.5) is 26.3 Å². The Balaban J connectivity index is 1.72. The van der Waals surface area contributed by atoms with Gasteiger partial charge in [-0.15, -0.1) is 0 Å². The molecule has 11 heteroatoms. The summed E-state index contributed by atoms with van der Waals surface area (Å²) in [5.41, 5.74) is -2.88. The molecular formula is C22H20F6N4O. The number of nitrogens with zero attached hydrogens (tertiary/aromatic N) is 4. The molecule has 176 valence electrons. The van der Waals surface area contributed by atoms with Crippen molar-refractivity contribution in [2.24, 2.45) is 0 Å². The minimum atomic E-state index is -5.03. The van der Waals surface area contributed by atoms with E-state index in [9.17, 15) is 31.1 Å². The van der Waals surface area contributed by atoms with Gasteiger partial charge < -0.3 is 9.47 Å². The Kier molecular flexibility index (Phi) is 5.14. The summed E-state index contributed by atoms with van der Waals surface area (Å²) in [5.74, 6) is -0.233. The maximum atomic E-state index is 13.2. The van der Waals surface area contributed by atoms with Crippen LogP contribution in [0, 0.1) is 0 Å². The van der Waals surface area contributed by atoms with Gasteiger partial charge in [-0.05, 0) is 51.1 Å². The van der Waals surface area contributed by atoms with Crippen molar-refractivity contribution < 1.29 is 31.1 Å². The highest BCUT2D eigenvalue weighted by Crippen LogP contribution is 2.38. The molecule has 3 heterocycles. The van der Waals surface area contributed by atoms with Crippen LogP contribution in [0.3, 0.4) is 0 Å². The molecule has 0 radical (unpaired) electrons. The first-order chi connectivity index (χ1) is 15.2. The number of halogens is 6. The standard InChI is InChI=1S/C22H20F6N4O/c1-20(2,3)32-18(30-6-4-5-7-30)16-11-31(12-17(16)29-32)19(33)13-8-14(21(23,24)25)10-15(9-13)22(26,27)28/h4-10H,11-12H2,1-3H3. The van der Waals surface area contributed by atoms with Crippen molar-refractivity contribution >= 4 is 5.91 Å². The quantitative estimate of drug-likeness (QED) is 0.456. The summed E-state index contributed by atoms with van der Waals surface area (Å²) >= 11 is 0. The molecule has 1 aliphatic heterocycles. The first-order valence-electron chi connectivity index (χ1n) is 9.99. The molecule has 0 unspecified atom stereocenters. The molecular weight excluding hydrogens is 450 g/mol. The van der Waals surface area contributed by atoms with E-state index < -0.39 is 40.5 Å². The van der Waals surface area contributed by atoms with Crippen LogP contribution >= 0.6 is 0 Å². The number of rotatable bonds is 2. The minimum Gasteiger partial charge on any atom is -0.328 e. The van der Waals surface area contributed by atoms with E-state index in [0.717, 1.165) is 0 Å². The molecule has 5 nitrogen and oxygen atoms in total. The zero-order valence-electron chi connectivity index (χ0n) is 17.9. The predicted molar refractivity (Wildman–Crippen MR) is 107 cm³/mol. The number of alkyl halides is 6. The molecule has 4 rings (SSSR count). The van der Waals surface area contributed by atoms with Crippen LogP contribution in [-0.2, 0) is 31.0 Å². The van der Waals surface area contributed by atoms with Gasteiger partial charge in [0.05, 0.1) is 35.4 Å². The third kappa shape index (κ3) is 4.23. The fourth-order valence-corrected chi connectivity index (χ4v) is 3.82. The first-order valence-corrected chi connectivity index (χ1v) is 9.99. The maximum Gasteiger partial charge on any atom is 0.416 e. The van der Waals surface area contributed by atoms with E-state index in [1.807, 2.05) is 37.5 Å². The van der Waals surface area contributed by atoms with Gasteiger partial charge in [0.2, 0.25) is 0 Å². The van der Waals surface area contributed by atoms with Gasteiger partial charge in [-0.1, -0.05) is 0 Å². The summed E-state index contributed by atoms with van der Waals surface area (Å²) in [6.45, 7) is 5.84. The Hall–Kier alpha value is -3.24. The van der Waals surface area contributed by atoms with Crippen molar-refractivity contribution in [1.29, 1.82) is 0 Å². The van der Waals surface area contributed by atoms with Crippen molar-refractivity contribution in [3.63, 3.8) is 0 Å². The second-order valence-corrected chi connectivity index (χ2v) is 8.88. The minimum absolute atomic E-state index is 0.00740. The molecule has 2 aromatic heterocycles. The number of benzene rings is 1. The summed E-state index contributed by atoms with van der Waals surface area (Å²) in [6.07, 6.45) is -6.46. The molecule has 1 aliphatic rings. The van der Waals surface area contributed by atoms with Crippen LogP contribution in [0.25, 0.3) is 5.82 Å². The number of carbonyl (C=O) groups excluding carboxylic acids is 1. The molecule has 33 heavy (non-hydrogen) atoms. The van der Waals surface area contributed by atoms with Crippen LogP contribution in [-0.4, -0.2) is 25.2 Å². The van der Waals surface area contributed by atoms with Crippen LogP contribution in [0.2, 0.25) is 0 Å². The van der Waals surface area contributed by atoms with Gasteiger partial charge in [0.15, 0.2) is 0 Å². The number of carbonyl (C=O) groups is 1. The first kappa shape index (κ1) is 22.9. The Morgan fingerprint density at radius 2 is 1.42 bits per heavy atom. The average Bonchev–Trinajstić information content (AvgIpc) is 3.40. The molecule has 3 aromatic rings. The van der Waals surface area contributed by atoms with E-state index in [1.54, 1.807) is 17.1 Å². The molecule has 0 aliphatic carbocycles. The normalized spacial score (nSPS) is 14.6. The van der Waals surface area contributed by atoms with Gasteiger partial charge in [-0.3, -0.25) is 4.79 Å². The van der Waals surface area contributed by atoms with Gasteiger partial charge in [0.1, 0.15) is 5.82 Å². The Morgan fingerprint density at radius 1 is 0.879 bits per heavy atom. The summed E-state index contributed by atoms with van der Waals surface area (Å²) in [7, 11) is 0. The van der Waals surface area contributed by atoms with E-state index in [2.05, 4.69) is 5.10 Å². The second-order valence-electron chi connectivity index (χ2n) is 8.88. The molecule has 0 atom stereocenters. The highest BCUT2D eigenvalue weighted by Gasteiger charge is 2.39. The monoisotopic (exact) mass is 470 g/mol. The van der Waals surface area contributed by atoms with E-state index in [1.165, 1.54) is 4.90 Å². The van der Waals surface area contributed by atoms with E-state index in [-0.39, 0.29) is 19.2 Å². The van der Waals surface area contributed by atoms with Gasteiger partial charge >= 0.3 is 12.4 Å². The maximum absolute atomic E-state index is 13.2. The average molecular weight is 470 g/mol. The highest BCUT2D eigenvalue weighted by molar-refractivity contribution is 5.95. The van der Waals surface area contributed by atoms with Crippen LogP contribution in [0.5, 0.6) is 0 Å². The number of fused-ring (bicyclic) bond motifs is 1. The predicted octanol–water partition coefficient (Wildman–Crippen LogP) is 5.62. The van der Waals surface area contributed by atoms with E-state index in [4.69, 9.17) is 0 Å². The lowest BCUT2D eigenvalue weighted by atomic mass is 10.0. The van der Waals surface area contributed by atoms with Crippen molar-refractivity contribution in [3.8, 4) is 5.82 Å². The smallest absolute Gasteiger partial charge is 0.328 e. The largest absolute Gasteiger partial charge is 0.416 e. The lowest BCUT2D eigenvalue weighted by molar-refractivity contribution is -0.143. The molecule has 0 bridgehead atoms. The summed E-state index contributed by atoms with van der Waals surface area (Å²) in [6, 6.07) is 4.54. The fourth-order valence-electron chi connectivity index (χ4n) is 3.82. The third-order valence-corrected chi connectivity index (χ3v) is 5.34. The zero-order chi connectivity index (χ0) is 24.3. The van der Waals surface area contributed by atoms with Crippen molar-refractivity contribution in [2.75, 3.05) is 0 Å². The number of hydrogen-bond donors (Lipinski definition) is 0. The molecule has 1 amide bonds. The number of hydrogen-bond acceptors (Lipinski definition) is 2. The number of aromatic nitrogens is 3. The van der Waals surface area contributed by atoms with Crippen molar-refractivity contribution in [1.82, 2.24) is 19.2 Å². The van der Waals surface area contributed by atoms with Gasteiger partial charge in [-0.25, -0.2) is 4.68 Å². The number of amides is 1. The van der Waals surface area contributed by atoms with Crippen LogP contribution < -0.4 is 0 Å². The molecule has 0 spiro atoms. The topological polar surface area (TPSA) is 43.1 Å². The van der Waals surface area contributed by atoms with Gasteiger partial charge in [0, 0.05) is 23.5 Å². The zero-order valence-corrected chi connectivity index (χ0v) is 17.9. The van der Waals surface area contributed by atoms with E-state index in [0.29, 0.717) is 29.2 Å². The fraction of sp³-hybridized carbons (Fsp3) is 0.364. The molecule has 0 saturated carbocycles. The van der Waals surface area contributed by atoms with Crippen LogP contribution in [0.15, 0.2) is 42.7 Å². The van der Waals surface area contributed by atoms with Crippen molar-refractivity contribution in [2.45, 2.75) is 51.8 Å². The van der Waals surface area contributed by atoms with Gasteiger partial charge in [-0.2, -0.15) is 31.4 Å². The molecule has 0 saturated heterocycles. The van der Waals surface area contributed by atoms with Gasteiger partial charge in [0.25, 0.3) is 5.91 Å². The van der Waals surface area contributed by atoms with Crippen molar-refractivity contribution in [3.05, 3.63) is 70.7 Å². The summed E-state index contributed by atoms with van der Waals surface area (Å²) in [4.78, 5) is 14.2. The van der Waals surface area contributed by atoms with Crippen LogP contribution in [0.1, 0.15) is 53.5 Å².